The maximum absolute atomic E-state index is 11.9. The minimum atomic E-state index is -0.745. The summed E-state index contributed by atoms with van der Waals surface area (Å²) in [7, 11) is 1.59. The molecule has 0 spiro atoms. The van der Waals surface area contributed by atoms with Gasteiger partial charge in [-0.25, -0.2) is 0 Å². The molecule has 0 saturated heterocycles. The maximum atomic E-state index is 11.9. The van der Waals surface area contributed by atoms with Crippen LogP contribution >= 0.6 is 11.6 Å². The van der Waals surface area contributed by atoms with E-state index in [1.165, 1.54) is 0 Å². The van der Waals surface area contributed by atoms with Gasteiger partial charge in [0, 0.05) is 18.0 Å². The van der Waals surface area contributed by atoms with Crippen molar-refractivity contribution in [1.82, 2.24) is 5.32 Å². The van der Waals surface area contributed by atoms with E-state index in [4.69, 9.17) is 16.3 Å². The second-order valence-corrected chi connectivity index (χ2v) is 5.59. The molecule has 1 atom stereocenters. The Labute approximate surface area is 141 Å². The number of benzene rings is 2. The lowest BCUT2D eigenvalue weighted by atomic mass is 10.1. The standard InChI is InChI=1S/C18H20ClNO3/c1-23-15-9-6-14(7-10-15)17(21)12-20-18(22)11-8-13-4-2-3-5-16(13)19/h2-7,9-10,17,21H,8,11-12H2,1H3,(H,20,22). The first-order valence-electron chi connectivity index (χ1n) is 7.42. The molecule has 0 saturated carbocycles. The number of nitrogens with one attached hydrogen (secondary N) is 1. The van der Waals surface area contributed by atoms with E-state index in [1.54, 1.807) is 31.4 Å². The lowest BCUT2D eigenvalue weighted by Crippen LogP contribution is -2.28. The molecule has 2 aromatic carbocycles. The molecule has 2 N–H and O–H groups in total. The van der Waals surface area contributed by atoms with E-state index in [1.807, 2.05) is 24.3 Å². The number of aryl methyl sites for hydroxylation is 1. The van der Waals surface area contributed by atoms with Crippen LogP contribution in [0.25, 0.3) is 0 Å². The predicted octanol–water partition coefficient (Wildman–Crippen LogP) is 3.13. The number of amides is 1. The lowest BCUT2D eigenvalue weighted by Gasteiger charge is -2.13. The number of hydrogen-bond acceptors (Lipinski definition) is 3. The van der Waals surface area contributed by atoms with E-state index in [-0.39, 0.29) is 12.5 Å². The van der Waals surface area contributed by atoms with Gasteiger partial charge in [-0.05, 0) is 35.7 Å². The summed E-state index contributed by atoms with van der Waals surface area (Å²) in [6.45, 7) is 0.174. The van der Waals surface area contributed by atoms with Crippen LogP contribution in [0.5, 0.6) is 5.75 Å². The number of hydrogen-bond donors (Lipinski definition) is 2. The summed E-state index contributed by atoms with van der Waals surface area (Å²) in [5.74, 6) is 0.613. The zero-order chi connectivity index (χ0) is 16.7. The van der Waals surface area contributed by atoms with Crippen molar-refractivity contribution in [2.75, 3.05) is 13.7 Å². The summed E-state index contributed by atoms with van der Waals surface area (Å²) in [6.07, 6.45) is 0.161. The summed E-state index contributed by atoms with van der Waals surface area (Å²) in [6, 6.07) is 14.6. The molecule has 0 fully saturated rings. The van der Waals surface area contributed by atoms with E-state index in [0.29, 0.717) is 17.9 Å². The summed E-state index contributed by atoms with van der Waals surface area (Å²) in [5, 5.41) is 13.5. The van der Waals surface area contributed by atoms with Crippen LogP contribution in [0.2, 0.25) is 5.02 Å². The third-order valence-corrected chi connectivity index (χ3v) is 3.94. The summed E-state index contributed by atoms with van der Waals surface area (Å²) in [4.78, 5) is 11.9. The van der Waals surface area contributed by atoms with Gasteiger partial charge >= 0.3 is 0 Å². The summed E-state index contributed by atoms with van der Waals surface area (Å²) < 4.78 is 5.07. The van der Waals surface area contributed by atoms with Crippen LogP contribution in [0.4, 0.5) is 0 Å². The topological polar surface area (TPSA) is 58.6 Å². The Morgan fingerprint density at radius 2 is 1.91 bits per heavy atom. The van der Waals surface area contributed by atoms with Gasteiger partial charge in [0.2, 0.25) is 5.91 Å². The first-order chi connectivity index (χ1) is 11.1. The molecule has 0 aliphatic rings. The molecule has 0 aromatic heterocycles. The molecule has 5 heteroatoms. The Kier molecular flexibility index (Phi) is 6.44. The van der Waals surface area contributed by atoms with Crippen LogP contribution in [0.3, 0.4) is 0 Å². The van der Waals surface area contributed by atoms with Gasteiger partial charge < -0.3 is 15.2 Å². The quantitative estimate of drug-likeness (QED) is 0.818. The maximum Gasteiger partial charge on any atom is 0.220 e. The number of rotatable bonds is 7. The van der Waals surface area contributed by atoms with Gasteiger partial charge in [-0.15, -0.1) is 0 Å². The largest absolute Gasteiger partial charge is 0.497 e. The highest BCUT2D eigenvalue weighted by Gasteiger charge is 2.10. The number of halogens is 1. The number of carbonyl (C=O) groups excluding carboxylic acids is 1. The van der Waals surface area contributed by atoms with E-state index >= 15 is 0 Å². The average Bonchev–Trinajstić information content (AvgIpc) is 2.59. The highest BCUT2D eigenvalue weighted by molar-refractivity contribution is 6.31. The zero-order valence-corrected chi connectivity index (χ0v) is 13.7. The highest BCUT2D eigenvalue weighted by atomic mass is 35.5. The predicted molar refractivity (Wildman–Crippen MR) is 90.7 cm³/mol. The van der Waals surface area contributed by atoms with Crippen molar-refractivity contribution in [1.29, 1.82) is 0 Å². The van der Waals surface area contributed by atoms with Crippen LogP contribution < -0.4 is 10.1 Å². The van der Waals surface area contributed by atoms with E-state index in [0.717, 1.165) is 16.9 Å². The Bertz CT molecular complexity index is 643. The number of aliphatic hydroxyl groups excluding tert-OH is 1. The molecule has 0 aliphatic heterocycles. The van der Waals surface area contributed by atoms with Gasteiger partial charge in [0.25, 0.3) is 0 Å². The molecule has 1 amide bonds. The molecule has 122 valence electrons. The third-order valence-electron chi connectivity index (χ3n) is 3.57. The van der Waals surface area contributed by atoms with E-state index in [9.17, 15) is 9.90 Å². The van der Waals surface area contributed by atoms with Crippen LogP contribution in [0.1, 0.15) is 23.7 Å². The molecule has 1 unspecified atom stereocenters. The van der Waals surface area contributed by atoms with Gasteiger partial charge in [-0.1, -0.05) is 41.9 Å². The second kappa shape index (κ2) is 8.56. The molecule has 0 radical (unpaired) electrons. The molecule has 4 nitrogen and oxygen atoms in total. The van der Waals surface area contributed by atoms with Gasteiger partial charge in [0.1, 0.15) is 5.75 Å². The average molecular weight is 334 g/mol. The second-order valence-electron chi connectivity index (χ2n) is 5.18. The lowest BCUT2D eigenvalue weighted by molar-refractivity contribution is -0.121. The van der Waals surface area contributed by atoms with E-state index in [2.05, 4.69) is 5.32 Å². The van der Waals surface area contributed by atoms with Crippen LogP contribution in [-0.2, 0) is 11.2 Å². The fourth-order valence-electron chi connectivity index (χ4n) is 2.19. The van der Waals surface area contributed by atoms with Gasteiger partial charge in [-0.3, -0.25) is 4.79 Å². The molecular weight excluding hydrogens is 314 g/mol. The number of carbonyl (C=O) groups is 1. The van der Waals surface area contributed by atoms with Crippen molar-refractivity contribution >= 4 is 17.5 Å². The Hall–Kier alpha value is -2.04. The molecule has 0 bridgehead atoms. The molecule has 0 aliphatic carbocycles. The van der Waals surface area contributed by atoms with Crippen molar-refractivity contribution in [3.8, 4) is 5.75 Å². The first kappa shape index (κ1) is 17.3. The van der Waals surface area contributed by atoms with Crippen LogP contribution in [0, 0.1) is 0 Å². The Morgan fingerprint density at radius 1 is 1.22 bits per heavy atom. The van der Waals surface area contributed by atoms with Crippen molar-refractivity contribution in [3.05, 3.63) is 64.7 Å². The molecule has 0 heterocycles. The number of ether oxygens (including phenoxy) is 1. The number of aliphatic hydroxyl groups is 1. The van der Waals surface area contributed by atoms with Gasteiger partial charge in [-0.2, -0.15) is 0 Å². The monoisotopic (exact) mass is 333 g/mol. The molecular formula is C18H20ClNO3. The SMILES string of the molecule is COc1ccc(C(O)CNC(=O)CCc2ccccc2Cl)cc1. The van der Waals surface area contributed by atoms with Crippen molar-refractivity contribution < 1.29 is 14.6 Å². The fourth-order valence-corrected chi connectivity index (χ4v) is 2.42. The first-order valence-corrected chi connectivity index (χ1v) is 7.80. The number of methoxy groups -OCH3 is 1. The highest BCUT2D eigenvalue weighted by Crippen LogP contribution is 2.18. The fraction of sp³-hybridized carbons (Fsp3) is 0.278. The van der Waals surface area contributed by atoms with Crippen molar-refractivity contribution in [2.45, 2.75) is 18.9 Å². The minimum Gasteiger partial charge on any atom is -0.497 e. The molecule has 2 aromatic rings. The smallest absolute Gasteiger partial charge is 0.220 e. The Balaban J connectivity index is 1.78. The minimum absolute atomic E-state index is 0.113. The van der Waals surface area contributed by atoms with Crippen molar-refractivity contribution in [2.24, 2.45) is 0 Å². The summed E-state index contributed by atoms with van der Waals surface area (Å²) >= 11 is 6.06. The zero-order valence-electron chi connectivity index (χ0n) is 13.0. The van der Waals surface area contributed by atoms with Gasteiger partial charge in [0.15, 0.2) is 0 Å². The van der Waals surface area contributed by atoms with Crippen molar-refractivity contribution in [3.63, 3.8) is 0 Å². The van der Waals surface area contributed by atoms with E-state index < -0.39 is 6.10 Å². The summed E-state index contributed by atoms with van der Waals surface area (Å²) in [5.41, 5.74) is 1.68. The molecule has 23 heavy (non-hydrogen) atoms. The Morgan fingerprint density at radius 3 is 2.57 bits per heavy atom. The van der Waals surface area contributed by atoms with Crippen LogP contribution in [-0.4, -0.2) is 24.7 Å². The molecule has 2 rings (SSSR count). The third kappa shape index (κ3) is 5.27. The van der Waals surface area contributed by atoms with Gasteiger partial charge in [0.05, 0.1) is 13.2 Å². The van der Waals surface area contributed by atoms with Crippen LogP contribution in [0.15, 0.2) is 48.5 Å². The normalized spacial score (nSPS) is 11.8.